The molecule has 0 aromatic rings. The zero-order valence-electron chi connectivity index (χ0n) is 18.6. The second kappa shape index (κ2) is 16.6. The van der Waals surface area contributed by atoms with Crippen LogP contribution in [0.25, 0.3) is 0 Å². The van der Waals surface area contributed by atoms with Crippen LogP contribution in [0.5, 0.6) is 0 Å². The smallest absolute Gasteiger partial charge is 0.315 e. The quantitative estimate of drug-likeness (QED) is 0.242. The van der Waals surface area contributed by atoms with E-state index in [4.69, 9.17) is 9.84 Å². The van der Waals surface area contributed by atoms with Gasteiger partial charge < -0.3 is 25.0 Å². The minimum atomic E-state index is -0.901. The zero-order chi connectivity index (χ0) is 21.3. The van der Waals surface area contributed by atoms with Gasteiger partial charge in [0.15, 0.2) is 0 Å². The molecule has 0 radical (unpaired) electrons. The summed E-state index contributed by atoms with van der Waals surface area (Å²) in [5, 5.41) is 14.6. The van der Waals surface area contributed by atoms with Gasteiger partial charge in [0.1, 0.15) is 0 Å². The van der Waals surface area contributed by atoms with Gasteiger partial charge in [-0.05, 0) is 19.3 Å². The Morgan fingerprint density at radius 2 is 1.50 bits per heavy atom. The highest BCUT2D eigenvalue weighted by atomic mass is 16.5. The minimum Gasteiger partial charge on any atom is -0.481 e. The number of urea groups is 1. The maximum Gasteiger partial charge on any atom is 0.315 e. The van der Waals surface area contributed by atoms with Gasteiger partial charge in [-0.3, -0.25) is 4.79 Å². The standard InChI is InChI=1S/C21H43N3O4/c1-5-6-7-9-12-15-28-16-13-10-8-11-14-22-21(27)23-19(17-20(25)26)18-24(2,3)4/h19H,5-18H2,1-4H3,(H2-,22,23,25,26,27)/p+1/t19-/m1/s1. The van der Waals surface area contributed by atoms with E-state index in [0.717, 1.165) is 45.3 Å². The van der Waals surface area contributed by atoms with Crippen molar-refractivity contribution in [2.24, 2.45) is 0 Å². The van der Waals surface area contributed by atoms with E-state index in [1.807, 2.05) is 21.1 Å². The minimum absolute atomic E-state index is 0.0679. The Morgan fingerprint density at radius 1 is 0.929 bits per heavy atom. The summed E-state index contributed by atoms with van der Waals surface area (Å²) in [6, 6.07) is -0.664. The molecule has 7 heteroatoms. The predicted octanol–water partition coefficient (Wildman–Crippen LogP) is 3.38. The number of carboxylic acids is 1. The lowest BCUT2D eigenvalue weighted by atomic mass is 10.2. The number of unbranched alkanes of at least 4 members (excludes halogenated alkanes) is 7. The number of likely N-dealkylation sites (N-methyl/N-ethyl adjacent to an activating group) is 1. The van der Waals surface area contributed by atoms with Crippen LogP contribution in [0.4, 0.5) is 4.79 Å². The largest absolute Gasteiger partial charge is 0.481 e. The highest BCUT2D eigenvalue weighted by molar-refractivity contribution is 5.75. The van der Waals surface area contributed by atoms with Crippen LogP contribution in [0.1, 0.15) is 71.1 Å². The average Bonchev–Trinajstić information content (AvgIpc) is 2.56. The molecule has 1 atom stereocenters. The summed E-state index contributed by atoms with van der Waals surface area (Å²) in [4.78, 5) is 23.0. The number of hydrogen-bond acceptors (Lipinski definition) is 3. The molecular formula is C21H44N3O4+. The number of rotatable bonds is 18. The van der Waals surface area contributed by atoms with Crippen molar-refractivity contribution in [2.75, 3.05) is 47.4 Å². The third-order valence-electron chi connectivity index (χ3n) is 4.42. The molecule has 0 aliphatic rings. The highest BCUT2D eigenvalue weighted by Crippen LogP contribution is 2.04. The molecular weight excluding hydrogens is 358 g/mol. The van der Waals surface area contributed by atoms with E-state index in [-0.39, 0.29) is 18.5 Å². The SMILES string of the molecule is CCCCCCCOCCCCCCNC(=O)N[C@H](CC(=O)O)C[N+](C)(C)C. The number of carbonyl (C=O) groups is 2. The van der Waals surface area contributed by atoms with E-state index in [1.54, 1.807) is 0 Å². The van der Waals surface area contributed by atoms with Crippen LogP contribution >= 0.6 is 0 Å². The van der Waals surface area contributed by atoms with Crippen LogP contribution in [0.2, 0.25) is 0 Å². The number of nitrogens with zero attached hydrogens (tertiary/aromatic N) is 1. The van der Waals surface area contributed by atoms with Gasteiger partial charge in [0.2, 0.25) is 0 Å². The van der Waals surface area contributed by atoms with E-state index < -0.39 is 5.97 Å². The molecule has 0 aliphatic heterocycles. The van der Waals surface area contributed by atoms with Crippen LogP contribution in [0.3, 0.4) is 0 Å². The number of quaternary nitrogens is 1. The van der Waals surface area contributed by atoms with Gasteiger partial charge in [0, 0.05) is 19.8 Å². The van der Waals surface area contributed by atoms with Crippen LogP contribution in [0.15, 0.2) is 0 Å². The fourth-order valence-corrected chi connectivity index (χ4v) is 3.06. The van der Waals surface area contributed by atoms with Gasteiger partial charge in [-0.15, -0.1) is 0 Å². The molecule has 0 saturated heterocycles. The molecule has 0 aromatic carbocycles. The van der Waals surface area contributed by atoms with E-state index in [0.29, 0.717) is 17.6 Å². The number of nitrogens with one attached hydrogen (secondary N) is 2. The highest BCUT2D eigenvalue weighted by Gasteiger charge is 2.22. The van der Waals surface area contributed by atoms with E-state index in [1.165, 1.54) is 25.7 Å². The zero-order valence-corrected chi connectivity index (χ0v) is 18.6. The van der Waals surface area contributed by atoms with Crippen LogP contribution in [-0.4, -0.2) is 75.1 Å². The van der Waals surface area contributed by atoms with Crippen molar-refractivity contribution in [1.82, 2.24) is 10.6 Å². The van der Waals surface area contributed by atoms with Gasteiger partial charge in [0.25, 0.3) is 0 Å². The lowest BCUT2D eigenvalue weighted by Crippen LogP contribution is -2.52. The molecule has 0 rings (SSSR count). The maximum atomic E-state index is 12.0. The summed E-state index contributed by atoms with van der Waals surface area (Å²) in [6.45, 7) is 5.09. The number of carbonyl (C=O) groups excluding carboxylic acids is 1. The van der Waals surface area contributed by atoms with Gasteiger partial charge in [0.05, 0.1) is 40.2 Å². The Kier molecular flexibility index (Phi) is 15.8. The monoisotopic (exact) mass is 402 g/mol. The van der Waals surface area contributed by atoms with Crippen molar-refractivity contribution in [1.29, 1.82) is 0 Å². The molecule has 0 aromatic heterocycles. The summed E-state index contributed by atoms with van der Waals surface area (Å²) in [7, 11) is 5.93. The molecule has 0 spiro atoms. The summed E-state index contributed by atoms with van der Waals surface area (Å²) in [5.41, 5.74) is 0. The molecule has 2 amide bonds. The normalized spacial score (nSPS) is 12.6. The van der Waals surface area contributed by atoms with Gasteiger partial charge in [-0.1, -0.05) is 45.4 Å². The molecule has 0 fully saturated rings. The van der Waals surface area contributed by atoms with Gasteiger partial charge >= 0.3 is 12.0 Å². The third-order valence-corrected chi connectivity index (χ3v) is 4.42. The van der Waals surface area contributed by atoms with Gasteiger partial charge in [-0.25, -0.2) is 4.79 Å². The molecule has 0 unspecified atom stereocenters. The molecule has 0 heterocycles. The van der Waals surface area contributed by atoms with Crippen LogP contribution in [0, 0.1) is 0 Å². The van der Waals surface area contributed by atoms with Crippen molar-refractivity contribution < 1.29 is 23.9 Å². The Bertz CT molecular complexity index is 411. The van der Waals surface area contributed by atoms with E-state index >= 15 is 0 Å². The lowest BCUT2D eigenvalue weighted by Gasteiger charge is -2.29. The average molecular weight is 403 g/mol. The first-order valence-corrected chi connectivity index (χ1v) is 10.9. The predicted molar refractivity (Wildman–Crippen MR) is 114 cm³/mol. The van der Waals surface area contributed by atoms with Crippen molar-refractivity contribution in [3.63, 3.8) is 0 Å². The summed E-state index contributed by atoms with van der Waals surface area (Å²) >= 11 is 0. The Labute approximate surface area is 171 Å². The topological polar surface area (TPSA) is 87.7 Å². The molecule has 0 aliphatic carbocycles. The Balaban J connectivity index is 3.63. The number of ether oxygens (including phenoxy) is 1. The molecule has 0 bridgehead atoms. The van der Waals surface area contributed by atoms with Crippen molar-refractivity contribution in [2.45, 2.75) is 77.2 Å². The third kappa shape index (κ3) is 19.4. The Hall–Kier alpha value is -1.34. The number of hydrogen-bond donors (Lipinski definition) is 3. The number of aliphatic carboxylic acids is 1. The fourth-order valence-electron chi connectivity index (χ4n) is 3.06. The fraction of sp³-hybridized carbons (Fsp3) is 0.905. The molecule has 166 valence electrons. The molecule has 7 nitrogen and oxygen atoms in total. The lowest BCUT2D eigenvalue weighted by molar-refractivity contribution is -0.871. The van der Waals surface area contributed by atoms with Crippen molar-refractivity contribution in [3.8, 4) is 0 Å². The first-order valence-electron chi connectivity index (χ1n) is 10.9. The van der Waals surface area contributed by atoms with Crippen molar-refractivity contribution in [3.05, 3.63) is 0 Å². The first kappa shape index (κ1) is 26.7. The summed E-state index contributed by atoms with van der Waals surface area (Å²) < 4.78 is 6.24. The second-order valence-electron chi connectivity index (χ2n) is 8.61. The molecule has 0 saturated carbocycles. The van der Waals surface area contributed by atoms with Crippen molar-refractivity contribution >= 4 is 12.0 Å². The Morgan fingerprint density at radius 3 is 2.04 bits per heavy atom. The second-order valence-corrected chi connectivity index (χ2v) is 8.61. The van der Waals surface area contributed by atoms with E-state index in [2.05, 4.69) is 17.6 Å². The van der Waals surface area contributed by atoms with E-state index in [9.17, 15) is 9.59 Å². The molecule has 3 N–H and O–H groups in total. The first-order chi connectivity index (χ1) is 13.2. The van der Waals surface area contributed by atoms with Crippen LogP contribution in [-0.2, 0) is 9.53 Å². The van der Waals surface area contributed by atoms with Crippen LogP contribution < -0.4 is 10.6 Å². The maximum absolute atomic E-state index is 12.0. The number of amides is 2. The number of carboxylic acid groups (broad SMARTS) is 1. The summed E-state index contributed by atoms with van der Waals surface area (Å²) in [6.07, 6.45) is 10.4. The molecule has 28 heavy (non-hydrogen) atoms. The van der Waals surface area contributed by atoms with Gasteiger partial charge in [-0.2, -0.15) is 0 Å². The summed E-state index contributed by atoms with van der Waals surface area (Å²) in [5.74, 6) is -0.901.